The van der Waals surface area contributed by atoms with Crippen molar-refractivity contribution in [2.24, 2.45) is 5.92 Å². The number of hydrogen-bond donors (Lipinski definition) is 0. The van der Waals surface area contributed by atoms with Crippen LogP contribution in [0.15, 0.2) is 22.7 Å². The second-order valence-electron chi connectivity index (χ2n) is 4.05. The number of benzene rings is 1. The molecular formula is C12H11Br2FO. The molecule has 0 amide bonds. The van der Waals surface area contributed by atoms with Crippen LogP contribution >= 0.6 is 31.9 Å². The van der Waals surface area contributed by atoms with Crippen molar-refractivity contribution >= 4 is 37.6 Å². The van der Waals surface area contributed by atoms with Gasteiger partial charge in [-0.25, -0.2) is 4.39 Å². The Morgan fingerprint density at radius 2 is 2.19 bits per heavy atom. The second kappa shape index (κ2) is 4.96. The lowest BCUT2D eigenvalue weighted by Crippen LogP contribution is -2.19. The Kier molecular flexibility index (Phi) is 3.80. The minimum Gasteiger partial charge on any atom is -0.298 e. The lowest BCUT2D eigenvalue weighted by atomic mass is 10.0. The third kappa shape index (κ3) is 2.72. The predicted octanol–water partition coefficient (Wildman–Crippen LogP) is 3.87. The fourth-order valence-electron chi connectivity index (χ4n) is 1.63. The number of alkyl halides is 1. The van der Waals surface area contributed by atoms with E-state index in [0.717, 1.165) is 17.3 Å². The lowest BCUT2D eigenvalue weighted by Gasteiger charge is -2.10. The van der Waals surface area contributed by atoms with E-state index in [1.165, 1.54) is 6.07 Å². The zero-order valence-electron chi connectivity index (χ0n) is 8.55. The molecular weight excluding hydrogens is 339 g/mol. The Labute approximate surface area is 111 Å². The highest BCUT2D eigenvalue weighted by atomic mass is 79.9. The number of carbonyl (C=O) groups excluding carboxylic acids is 1. The largest absolute Gasteiger partial charge is 0.298 e. The molecule has 1 unspecified atom stereocenters. The van der Waals surface area contributed by atoms with Crippen LogP contribution in [-0.2, 0) is 11.2 Å². The van der Waals surface area contributed by atoms with E-state index in [0.29, 0.717) is 12.0 Å². The molecule has 0 radical (unpaired) electrons. The van der Waals surface area contributed by atoms with Gasteiger partial charge in [0.15, 0.2) is 0 Å². The number of ketones is 1. The average molecular weight is 350 g/mol. The van der Waals surface area contributed by atoms with Gasteiger partial charge < -0.3 is 0 Å². The van der Waals surface area contributed by atoms with Crippen molar-refractivity contribution in [2.75, 3.05) is 0 Å². The van der Waals surface area contributed by atoms with Crippen LogP contribution in [0.2, 0.25) is 0 Å². The number of carbonyl (C=O) groups is 1. The van der Waals surface area contributed by atoms with Crippen LogP contribution in [0, 0.1) is 11.7 Å². The summed E-state index contributed by atoms with van der Waals surface area (Å²) in [6, 6.07) is 4.86. The molecule has 86 valence electrons. The number of hydrogen-bond acceptors (Lipinski definition) is 1. The fourth-order valence-corrected chi connectivity index (χ4v) is 2.83. The molecule has 1 aromatic carbocycles. The van der Waals surface area contributed by atoms with Crippen LogP contribution in [0.25, 0.3) is 0 Å². The molecule has 1 aliphatic rings. The monoisotopic (exact) mass is 348 g/mol. The highest BCUT2D eigenvalue weighted by Gasteiger charge is 2.34. The Bertz CT molecular complexity index is 395. The molecule has 1 aliphatic carbocycles. The van der Waals surface area contributed by atoms with E-state index in [1.807, 2.05) is 0 Å². The highest BCUT2D eigenvalue weighted by molar-refractivity contribution is 9.10. The summed E-state index contributed by atoms with van der Waals surface area (Å²) in [6.07, 6.45) is 2.38. The third-order valence-electron chi connectivity index (χ3n) is 2.73. The molecule has 4 heteroatoms. The van der Waals surface area contributed by atoms with Gasteiger partial charge in [-0.15, -0.1) is 0 Å². The number of Topliss-reactive ketones (excluding diaryl/α,β-unsaturated/α-hetero) is 1. The maximum absolute atomic E-state index is 13.5. The van der Waals surface area contributed by atoms with Gasteiger partial charge in [-0.2, -0.15) is 0 Å². The molecule has 0 bridgehead atoms. The van der Waals surface area contributed by atoms with Gasteiger partial charge in [0.05, 0.1) is 4.83 Å². The molecule has 0 aromatic heterocycles. The van der Waals surface area contributed by atoms with Crippen molar-refractivity contribution in [3.05, 3.63) is 34.1 Å². The van der Waals surface area contributed by atoms with Gasteiger partial charge >= 0.3 is 0 Å². The topological polar surface area (TPSA) is 17.1 Å². The quantitative estimate of drug-likeness (QED) is 0.754. The van der Waals surface area contributed by atoms with Crippen LogP contribution in [0.5, 0.6) is 0 Å². The van der Waals surface area contributed by atoms with Crippen LogP contribution < -0.4 is 0 Å². The second-order valence-corrected chi connectivity index (χ2v) is 6.01. The summed E-state index contributed by atoms with van der Waals surface area (Å²) < 4.78 is 14.3. The van der Waals surface area contributed by atoms with Crippen LogP contribution in [0.4, 0.5) is 4.39 Å². The van der Waals surface area contributed by atoms with E-state index in [4.69, 9.17) is 0 Å². The Hall–Kier alpha value is -0.220. The Balaban J connectivity index is 2.10. The predicted molar refractivity (Wildman–Crippen MR) is 68.3 cm³/mol. The standard InChI is InChI=1S/C12H11Br2FO/c13-9-2-1-3-11(15)8(9)6-10(14)12(16)7-4-5-7/h1-3,7,10H,4-6H2. The molecule has 0 spiro atoms. The van der Waals surface area contributed by atoms with E-state index in [-0.39, 0.29) is 22.3 Å². The molecule has 0 saturated heterocycles. The smallest absolute Gasteiger partial charge is 0.149 e. The Morgan fingerprint density at radius 1 is 1.50 bits per heavy atom. The maximum atomic E-state index is 13.5. The van der Waals surface area contributed by atoms with E-state index in [1.54, 1.807) is 12.1 Å². The van der Waals surface area contributed by atoms with E-state index >= 15 is 0 Å². The van der Waals surface area contributed by atoms with Crippen molar-refractivity contribution in [1.82, 2.24) is 0 Å². The third-order valence-corrected chi connectivity index (χ3v) is 4.25. The lowest BCUT2D eigenvalue weighted by molar-refractivity contribution is -0.119. The van der Waals surface area contributed by atoms with Crippen molar-refractivity contribution in [3.63, 3.8) is 0 Å². The van der Waals surface area contributed by atoms with E-state index in [9.17, 15) is 9.18 Å². The molecule has 1 aromatic rings. The molecule has 0 N–H and O–H groups in total. The summed E-state index contributed by atoms with van der Waals surface area (Å²) in [6.45, 7) is 0. The Morgan fingerprint density at radius 3 is 2.75 bits per heavy atom. The first-order valence-electron chi connectivity index (χ1n) is 5.20. The molecule has 1 atom stereocenters. The minimum absolute atomic E-state index is 0.204. The molecule has 16 heavy (non-hydrogen) atoms. The zero-order chi connectivity index (χ0) is 11.7. The van der Waals surface area contributed by atoms with E-state index in [2.05, 4.69) is 31.9 Å². The van der Waals surface area contributed by atoms with Gasteiger partial charge in [0.25, 0.3) is 0 Å². The first kappa shape index (κ1) is 12.2. The summed E-state index contributed by atoms with van der Waals surface area (Å²) >= 11 is 6.66. The number of rotatable bonds is 4. The van der Waals surface area contributed by atoms with Crippen LogP contribution in [0.1, 0.15) is 18.4 Å². The zero-order valence-corrected chi connectivity index (χ0v) is 11.7. The first-order valence-corrected chi connectivity index (χ1v) is 6.91. The van der Waals surface area contributed by atoms with E-state index < -0.39 is 0 Å². The number of halogens is 3. The average Bonchev–Trinajstić information content (AvgIpc) is 3.06. The van der Waals surface area contributed by atoms with Crippen molar-refractivity contribution in [1.29, 1.82) is 0 Å². The molecule has 1 nitrogen and oxygen atoms in total. The minimum atomic E-state index is -0.270. The first-order chi connectivity index (χ1) is 7.59. The van der Waals surface area contributed by atoms with Gasteiger partial charge in [0.2, 0.25) is 0 Å². The summed E-state index contributed by atoms with van der Waals surface area (Å²) in [5.74, 6) is 0.146. The van der Waals surface area contributed by atoms with Gasteiger partial charge in [0.1, 0.15) is 11.6 Å². The molecule has 1 fully saturated rings. The van der Waals surface area contributed by atoms with Crippen LogP contribution in [-0.4, -0.2) is 10.6 Å². The fraction of sp³-hybridized carbons (Fsp3) is 0.417. The summed E-state index contributed by atoms with van der Waals surface area (Å²) in [5, 5.41) is 0. The highest BCUT2D eigenvalue weighted by Crippen LogP contribution is 2.34. The summed E-state index contributed by atoms with van der Waals surface area (Å²) in [4.78, 5) is 11.5. The van der Waals surface area contributed by atoms with Crippen molar-refractivity contribution in [3.8, 4) is 0 Å². The van der Waals surface area contributed by atoms with Gasteiger partial charge in [-0.05, 0) is 31.4 Å². The van der Waals surface area contributed by atoms with Gasteiger partial charge in [-0.1, -0.05) is 37.9 Å². The van der Waals surface area contributed by atoms with Crippen molar-refractivity contribution < 1.29 is 9.18 Å². The summed E-state index contributed by atoms with van der Waals surface area (Å²) in [7, 11) is 0. The normalized spacial score (nSPS) is 17.2. The summed E-state index contributed by atoms with van der Waals surface area (Å²) in [5.41, 5.74) is 0.568. The van der Waals surface area contributed by atoms with Gasteiger partial charge in [0, 0.05) is 16.0 Å². The molecule has 1 saturated carbocycles. The van der Waals surface area contributed by atoms with Crippen LogP contribution in [0.3, 0.4) is 0 Å². The molecule has 0 aliphatic heterocycles. The SMILES string of the molecule is O=C(C(Br)Cc1c(F)cccc1Br)C1CC1. The molecule has 0 heterocycles. The maximum Gasteiger partial charge on any atom is 0.149 e. The molecule has 2 rings (SSSR count). The van der Waals surface area contributed by atoms with Gasteiger partial charge in [-0.3, -0.25) is 4.79 Å². The van der Waals surface area contributed by atoms with Crippen molar-refractivity contribution in [2.45, 2.75) is 24.1 Å².